The number of H-pyrrole nitrogens is 1. The Bertz CT molecular complexity index is 2150. The zero-order valence-corrected chi connectivity index (χ0v) is 39.2. The summed E-state index contributed by atoms with van der Waals surface area (Å²) in [5.74, 6) is -6.13. The van der Waals surface area contributed by atoms with Crippen LogP contribution in [-0.4, -0.2) is 115 Å². The summed E-state index contributed by atoms with van der Waals surface area (Å²) in [5.41, 5.74) is 18.7. The van der Waals surface area contributed by atoms with Crippen LogP contribution in [0.5, 0.6) is 0 Å². The number of imidazole rings is 1. The SMILES string of the molecule is CC(C)C[C@H](NC(=O)C[C@H](O)[C@H](CC(C)C)NC(=O)[C@H](Cc1cn(C)cn1)NC(=O)[C@@H](NC(=O)[C@H](C)NC(=O)[C@H](Cc1c[nH]c2ccccc12)NC(=O)[C@@H](N)CCC(N)=O)C(C)C)C(N)=O. The number of nitrogens with two attached hydrogens (primary N) is 3. The molecule has 0 aliphatic heterocycles. The number of aryl methyl sites for hydroxylation is 1. The molecule has 364 valence electrons. The van der Waals surface area contributed by atoms with Crippen LogP contribution < -0.4 is 49.1 Å². The van der Waals surface area contributed by atoms with Gasteiger partial charge in [0.05, 0.1) is 36.6 Å². The molecular formula is C45H70N12O9. The highest BCUT2D eigenvalue weighted by Crippen LogP contribution is 2.20. The topological polar surface area (TPSA) is 341 Å². The number of aliphatic hydroxyl groups is 1. The van der Waals surface area contributed by atoms with Gasteiger partial charge in [-0.25, -0.2) is 4.98 Å². The Morgan fingerprint density at radius 2 is 1.36 bits per heavy atom. The molecule has 8 amide bonds. The minimum absolute atomic E-state index is 0.00548. The van der Waals surface area contributed by atoms with Crippen molar-refractivity contribution >= 4 is 58.2 Å². The summed E-state index contributed by atoms with van der Waals surface area (Å²) in [4.78, 5) is 113. The maximum absolute atomic E-state index is 14.1. The van der Waals surface area contributed by atoms with E-state index in [1.807, 2.05) is 52.0 Å². The summed E-state index contributed by atoms with van der Waals surface area (Å²) in [6, 6.07) is -0.626. The van der Waals surface area contributed by atoms with Crippen molar-refractivity contribution in [2.24, 2.45) is 42.0 Å². The number of aromatic amines is 1. The van der Waals surface area contributed by atoms with Gasteiger partial charge in [-0.05, 0) is 55.6 Å². The third-order valence-electron chi connectivity index (χ3n) is 10.9. The number of rotatable bonds is 27. The van der Waals surface area contributed by atoms with E-state index in [0.29, 0.717) is 17.7 Å². The molecule has 21 heteroatoms. The van der Waals surface area contributed by atoms with Crippen molar-refractivity contribution in [2.45, 2.75) is 142 Å². The normalized spacial score (nSPS) is 15.2. The van der Waals surface area contributed by atoms with Crippen LogP contribution in [0, 0.1) is 17.8 Å². The highest BCUT2D eigenvalue weighted by Gasteiger charge is 2.34. The lowest BCUT2D eigenvalue weighted by Gasteiger charge is -2.30. The number of hydrogen-bond acceptors (Lipinski definition) is 11. The Morgan fingerprint density at radius 3 is 1.95 bits per heavy atom. The van der Waals surface area contributed by atoms with Gasteiger partial charge in [-0.2, -0.15) is 0 Å². The van der Waals surface area contributed by atoms with E-state index in [0.717, 1.165) is 10.9 Å². The molecule has 3 rings (SSSR count). The van der Waals surface area contributed by atoms with Crippen LogP contribution in [0.4, 0.5) is 0 Å². The van der Waals surface area contributed by atoms with Gasteiger partial charge in [0, 0.05) is 49.6 Å². The molecule has 0 aliphatic carbocycles. The molecule has 0 saturated carbocycles. The number of fused-ring (bicyclic) bond motifs is 1. The standard InChI is InChI=1S/C45H70N12O9/c1-23(2)15-32(36(58)19-38(60)52-33(40(48)61)16-24(3)4)53-44(65)35(18-28-21-57(8)22-50-28)55-45(66)39(25(5)6)56-41(62)26(7)51-43(64)34(54-42(63)30(46)13-14-37(47)59)17-27-20-49-31-12-10-9-11-29(27)31/h9-12,20-26,30,32-36,39,49,58H,13-19,46H2,1-8H3,(H2,47,59)(H2,48,61)(H,51,64)(H,52,60)(H,53,65)(H,54,63)(H,55,66)(H,56,62)/t26-,30-,32-,33-,34-,35-,36-,39-/m0/s1. The van der Waals surface area contributed by atoms with Gasteiger partial charge >= 0.3 is 0 Å². The Kier molecular flexibility index (Phi) is 20.8. The molecule has 8 atom stereocenters. The molecule has 0 aliphatic rings. The van der Waals surface area contributed by atoms with E-state index in [2.05, 4.69) is 41.9 Å². The maximum Gasteiger partial charge on any atom is 0.243 e. The van der Waals surface area contributed by atoms with E-state index in [9.17, 15) is 43.5 Å². The third-order valence-corrected chi connectivity index (χ3v) is 10.9. The predicted octanol–water partition coefficient (Wildman–Crippen LogP) is -0.807. The first kappa shape index (κ1) is 54.0. The molecule has 66 heavy (non-hydrogen) atoms. The highest BCUT2D eigenvalue weighted by atomic mass is 16.3. The number of carbonyl (C=O) groups is 8. The van der Waals surface area contributed by atoms with E-state index in [1.165, 1.54) is 13.3 Å². The lowest BCUT2D eigenvalue weighted by molar-refractivity contribution is -0.135. The molecule has 14 N–H and O–H groups in total. The molecule has 0 unspecified atom stereocenters. The van der Waals surface area contributed by atoms with Gasteiger partial charge in [-0.3, -0.25) is 38.4 Å². The first-order valence-electron chi connectivity index (χ1n) is 22.3. The number of para-hydroxylation sites is 1. The van der Waals surface area contributed by atoms with Gasteiger partial charge in [0.2, 0.25) is 47.3 Å². The van der Waals surface area contributed by atoms with Gasteiger partial charge in [0.1, 0.15) is 30.2 Å². The quantitative estimate of drug-likeness (QED) is 0.0449. The minimum Gasteiger partial charge on any atom is -0.390 e. The van der Waals surface area contributed by atoms with Crippen molar-refractivity contribution in [3.8, 4) is 0 Å². The van der Waals surface area contributed by atoms with Crippen LogP contribution in [0.1, 0.15) is 91.8 Å². The molecule has 1 aromatic carbocycles. The van der Waals surface area contributed by atoms with Crippen molar-refractivity contribution in [3.63, 3.8) is 0 Å². The fourth-order valence-electron chi connectivity index (χ4n) is 7.29. The summed E-state index contributed by atoms with van der Waals surface area (Å²) < 4.78 is 1.66. The Morgan fingerprint density at radius 1 is 0.742 bits per heavy atom. The zero-order chi connectivity index (χ0) is 49.4. The predicted molar refractivity (Wildman–Crippen MR) is 246 cm³/mol. The summed E-state index contributed by atoms with van der Waals surface area (Å²) >= 11 is 0. The minimum atomic E-state index is -1.39. The molecule has 0 spiro atoms. The average molecular weight is 923 g/mol. The van der Waals surface area contributed by atoms with Crippen molar-refractivity contribution in [1.29, 1.82) is 0 Å². The van der Waals surface area contributed by atoms with Crippen molar-refractivity contribution < 1.29 is 43.5 Å². The number of amides is 8. The van der Waals surface area contributed by atoms with Gasteiger partial charge in [0.25, 0.3) is 0 Å². The molecule has 2 aromatic heterocycles. The van der Waals surface area contributed by atoms with E-state index in [1.54, 1.807) is 37.9 Å². The summed E-state index contributed by atoms with van der Waals surface area (Å²) in [6.45, 7) is 12.2. The Labute approximate surface area is 385 Å². The van der Waals surface area contributed by atoms with Crippen LogP contribution in [0.15, 0.2) is 43.0 Å². The molecule has 21 nitrogen and oxygen atoms in total. The van der Waals surface area contributed by atoms with E-state index in [-0.39, 0.29) is 43.9 Å². The fourth-order valence-corrected chi connectivity index (χ4v) is 7.29. The van der Waals surface area contributed by atoms with Crippen LogP contribution in [0.25, 0.3) is 10.9 Å². The average Bonchev–Trinajstić information content (AvgIpc) is 3.84. The van der Waals surface area contributed by atoms with Gasteiger partial charge in [-0.1, -0.05) is 59.7 Å². The van der Waals surface area contributed by atoms with Gasteiger partial charge in [-0.15, -0.1) is 0 Å². The molecular weight excluding hydrogens is 853 g/mol. The number of carbonyl (C=O) groups excluding carboxylic acids is 8. The van der Waals surface area contributed by atoms with Crippen LogP contribution in [0.2, 0.25) is 0 Å². The molecule has 0 radical (unpaired) electrons. The number of nitrogens with zero attached hydrogens (tertiary/aromatic N) is 2. The number of primary amides is 2. The first-order chi connectivity index (χ1) is 30.9. The van der Waals surface area contributed by atoms with E-state index < -0.39 is 108 Å². The molecule has 0 bridgehead atoms. The number of nitrogens with one attached hydrogen (secondary N) is 7. The number of aromatic nitrogens is 3. The monoisotopic (exact) mass is 923 g/mol. The molecule has 0 fully saturated rings. The number of benzene rings is 1. The smallest absolute Gasteiger partial charge is 0.243 e. The summed E-state index contributed by atoms with van der Waals surface area (Å²) in [6.07, 6.45) is 3.33. The lowest BCUT2D eigenvalue weighted by Crippen LogP contribution is -2.60. The second-order valence-corrected chi connectivity index (χ2v) is 18.2. The van der Waals surface area contributed by atoms with Crippen LogP contribution in [0.3, 0.4) is 0 Å². The Hall–Kier alpha value is -6.35. The largest absolute Gasteiger partial charge is 0.390 e. The third kappa shape index (κ3) is 17.2. The van der Waals surface area contributed by atoms with E-state index >= 15 is 0 Å². The van der Waals surface area contributed by atoms with Crippen molar-refractivity contribution in [1.82, 2.24) is 46.4 Å². The fraction of sp³-hybridized carbons (Fsp3) is 0.578. The van der Waals surface area contributed by atoms with Crippen molar-refractivity contribution in [2.75, 3.05) is 0 Å². The van der Waals surface area contributed by atoms with Crippen LogP contribution in [-0.2, 0) is 58.2 Å². The highest BCUT2D eigenvalue weighted by molar-refractivity contribution is 5.96. The molecule has 2 heterocycles. The first-order valence-corrected chi connectivity index (χ1v) is 22.3. The molecule has 0 saturated heterocycles. The number of hydrogen-bond donors (Lipinski definition) is 11. The summed E-state index contributed by atoms with van der Waals surface area (Å²) in [7, 11) is 1.73. The Balaban J connectivity index is 1.79. The van der Waals surface area contributed by atoms with E-state index in [4.69, 9.17) is 17.2 Å². The van der Waals surface area contributed by atoms with Crippen LogP contribution >= 0.6 is 0 Å². The number of aliphatic hydroxyl groups excluding tert-OH is 1. The van der Waals surface area contributed by atoms with Crippen molar-refractivity contribution in [3.05, 3.63) is 54.2 Å². The molecule has 3 aromatic rings. The summed E-state index contributed by atoms with van der Waals surface area (Å²) in [5, 5.41) is 28.1. The second kappa shape index (κ2) is 25.4. The lowest BCUT2D eigenvalue weighted by atomic mass is 9.95. The zero-order valence-electron chi connectivity index (χ0n) is 39.2. The maximum atomic E-state index is 14.1. The van der Waals surface area contributed by atoms with Gasteiger partial charge < -0.3 is 63.8 Å². The second-order valence-electron chi connectivity index (χ2n) is 18.2. The van der Waals surface area contributed by atoms with Gasteiger partial charge in [0.15, 0.2) is 0 Å².